The highest BCUT2D eigenvalue weighted by molar-refractivity contribution is 5.76. The number of benzene rings is 2. The molecule has 29 heavy (non-hydrogen) atoms. The van der Waals surface area contributed by atoms with Gasteiger partial charge in [0.05, 0.1) is 18.3 Å². The maximum atomic E-state index is 11.7. The number of aryl methyl sites for hydroxylation is 1. The molecule has 3 aromatic rings. The van der Waals surface area contributed by atoms with Crippen LogP contribution in [0.15, 0.2) is 57.2 Å². The van der Waals surface area contributed by atoms with E-state index in [4.69, 9.17) is 9.15 Å². The fourth-order valence-electron chi connectivity index (χ4n) is 3.96. The van der Waals surface area contributed by atoms with Gasteiger partial charge in [-0.3, -0.25) is 9.47 Å². The summed E-state index contributed by atoms with van der Waals surface area (Å²) in [5.74, 6) is 0.603. The molecule has 0 radical (unpaired) electrons. The van der Waals surface area contributed by atoms with Gasteiger partial charge in [-0.15, -0.1) is 0 Å². The zero-order valence-corrected chi connectivity index (χ0v) is 17.2. The molecule has 2 heterocycles. The Morgan fingerprint density at radius 2 is 1.90 bits per heavy atom. The molecule has 6 heteroatoms. The highest BCUT2D eigenvalue weighted by Gasteiger charge is 2.19. The molecule has 152 valence electrons. The van der Waals surface area contributed by atoms with Crippen molar-refractivity contribution in [1.29, 1.82) is 0 Å². The molecule has 0 saturated carbocycles. The third-order valence-electron chi connectivity index (χ3n) is 5.50. The lowest BCUT2D eigenvalue weighted by Gasteiger charge is -2.36. The number of rotatable bonds is 5. The molecule has 1 aliphatic rings. The molecule has 1 aromatic heterocycles. The molecule has 0 amide bonds. The number of fused-ring (bicyclic) bond motifs is 1. The Labute approximate surface area is 170 Å². The Balaban J connectivity index is 1.39. The number of methoxy groups -OCH3 is 1. The van der Waals surface area contributed by atoms with Crippen LogP contribution in [0.3, 0.4) is 0 Å². The van der Waals surface area contributed by atoms with Crippen LogP contribution in [0.25, 0.3) is 17.2 Å². The number of hydrogen-bond acceptors (Lipinski definition) is 5. The molecule has 2 aromatic carbocycles. The van der Waals surface area contributed by atoms with Crippen LogP contribution in [0.1, 0.15) is 12.5 Å². The number of ether oxygens (including phenoxy) is 1. The van der Waals surface area contributed by atoms with Crippen molar-refractivity contribution in [2.75, 3.05) is 44.7 Å². The first-order chi connectivity index (χ1) is 14.0. The molecule has 0 unspecified atom stereocenters. The van der Waals surface area contributed by atoms with Crippen molar-refractivity contribution in [3.63, 3.8) is 0 Å². The molecular formula is C23H27N3O3. The van der Waals surface area contributed by atoms with Gasteiger partial charge in [-0.25, -0.2) is 4.79 Å². The quantitative estimate of drug-likeness (QED) is 0.665. The average Bonchev–Trinajstić information content (AvgIpc) is 3.01. The van der Waals surface area contributed by atoms with Crippen molar-refractivity contribution in [2.45, 2.75) is 6.92 Å². The third-order valence-corrected chi connectivity index (χ3v) is 5.50. The van der Waals surface area contributed by atoms with Crippen molar-refractivity contribution in [3.05, 3.63) is 64.2 Å². The first-order valence-electron chi connectivity index (χ1n) is 9.92. The molecule has 0 atom stereocenters. The zero-order chi connectivity index (χ0) is 20.4. The lowest BCUT2D eigenvalue weighted by Crippen LogP contribution is -2.46. The van der Waals surface area contributed by atoms with Gasteiger partial charge in [0, 0.05) is 39.8 Å². The first kappa shape index (κ1) is 19.3. The van der Waals surface area contributed by atoms with Crippen LogP contribution in [0.5, 0.6) is 5.75 Å². The summed E-state index contributed by atoms with van der Waals surface area (Å²) in [5, 5.41) is 0. The minimum absolute atomic E-state index is 0.328. The number of hydrogen-bond donors (Lipinski definition) is 0. The van der Waals surface area contributed by atoms with Gasteiger partial charge in [0.2, 0.25) is 0 Å². The van der Waals surface area contributed by atoms with Crippen LogP contribution in [-0.2, 0) is 7.05 Å². The topological polar surface area (TPSA) is 50.9 Å². The van der Waals surface area contributed by atoms with E-state index in [0.717, 1.165) is 49.6 Å². The summed E-state index contributed by atoms with van der Waals surface area (Å²) in [6.45, 7) is 7.06. The van der Waals surface area contributed by atoms with Gasteiger partial charge < -0.3 is 14.1 Å². The van der Waals surface area contributed by atoms with Crippen LogP contribution < -0.4 is 15.4 Å². The van der Waals surface area contributed by atoms with E-state index in [1.54, 1.807) is 14.2 Å². The van der Waals surface area contributed by atoms with E-state index in [2.05, 4.69) is 34.9 Å². The van der Waals surface area contributed by atoms with Crippen molar-refractivity contribution in [3.8, 4) is 5.75 Å². The number of nitrogens with zero attached hydrogens (tertiary/aromatic N) is 3. The average molecular weight is 393 g/mol. The van der Waals surface area contributed by atoms with Gasteiger partial charge in [-0.05, 0) is 36.8 Å². The molecule has 0 bridgehead atoms. The van der Waals surface area contributed by atoms with Gasteiger partial charge in [0.15, 0.2) is 5.58 Å². The fourth-order valence-corrected chi connectivity index (χ4v) is 3.96. The Morgan fingerprint density at radius 1 is 1.14 bits per heavy atom. The number of para-hydroxylation sites is 2. The predicted octanol–water partition coefficient (Wildman–Crippen LogP) is 3.37. The predicted molar refractivity (Wildman–Crippen MR) is 117 cm³/mol. The number of piperazine rings is 1. The Bertz CT molecular complexity index is 1090. The standard InChI is InChI=1S/C23H27N3O3/c1-17(14-18-8-9-19-22(15-18)29-23(27)24(19)2)16-25-10-12-26(13-11-25)20-6-4-5-7-21(20)28-3/h4-9,14-15H,10-13,16H2,1-3H3. The third kappa shape index (κ3) is 4.07. The van der Waals surface area contributed by atoms with E-state index in [0.29, 0.717) is 5.58 Å². The van der Waals surface area contributed by atoms with E-state index >= 15 is 0 Å². The minimum Gasteiger partial charge on any atom is -0.495 e. The Kier molecular flexibility index (Phi) is 5.45. The fraction of sp³-hybridized carbons (Fsp3) is 0.348. The van der Waals surface area contributed by atoms with Crippen molar-refractivity contribution in [2.24, 2.45) is 7.05 Å². The number of aromatic nitrogens is 1. The molecule has 6 nitrogen and oxygen atoms in total. The van der Waals surface area contributed by atoms with E-state index in [1.807, 2.05) is 30.3 Å². The normalized spacial score (nSPS) is 15.8. The molecular weight excluding hydrogens is 366 g/mol. The second-order valence-electron chi connectivity index (χ2n) is 7.58. The SMILES string of the molecule is COc1ccccc1N1CCN(CC(C)=Cc2ccc3c(c2)oc(=O)n3C)CC1. The zero-order valence-electron chi connectivity index (χ0n) is 17.2. The van der Waals surface area contributed by atoms with Crippen molar-refractivity contribution >= 4 is 22.9 Å². The molecule has 0 aliphatic carbocycles. The summed E-state index contributed by atoms with van der Waals surface area (Å²) < 4.78 is 12.3. The minimum atomic E-state index is -0.328. The van der Waals surface area contributed by atoms with Crippen LogP contribution in [0.2, 0.25) is 0 Å². The van der Waals surface area contributed by atoms with E-state index < -0.39 is 0 Å². The first-order valence-corrected chi connectivity index (χ1v) is 9.92. The van der Waals surface area contributed by atoms with Gasteiger partial charge in [0.1, 0.15) is 5.75 Å². The van der Waals surface area contributed by atoms with Crippen molar-refractivity contribution < 1.29 is 9.15 Å². The smallest absolute Gasteiger partial charge is 0.419 e. The molecule has 0 spiro atoms. The maximum absolute atomic E-state index is 11.7. The van der Waals surface area contributed by atoms with Gasteiger partial charge >= 0.3 is 5.76 Å². The van der Waals surface area contributed by atoms with Gasteiger partial charge in [-0.1, -0.05) is 29.8 Å². The van der Waals surface area contributed by atoms with Gasteiger partial charge in [-0.2, -0.15) is 0 Å². The lowest BCUT2D eigenvalue weighted by atomic mass is 10.1. The molecule has 4 rings (SSSR count). The second kappa shape index (κ2) is 8.17. The molecule has 0 N–H and O–H groups in total. The summed E-state index contributed by atoms with van der Waals surface area (Å²) >= 11 is 0. The summed E-state index contributed by atoms with van der Waals surface area (Å²) in [6, 6.07) is 14.1. The highest BCUT2D eigenvalue weighted by atomic mass is 16.5. The summed E-state index contributed by atoms with van der Waals surface area (Å²) in [6.07, 6.45) is 2.17. The number of anilines is 1. The van der Waals surface area contributed by atoms with E-state index in [9.17, 15) is 4.79 Å². The monoisotopic (exact) mass is 393 g/mol. The Morgan fingerprint density at radius 3 is 2.66 bits per heavy atom. The van der Waals surface area contributed by atoms with Crippen LogP contribution in [-0.4, -0.2) is 49.3 Å². The molecule has 1 saturated heterocycles. The summed E-state index contributed by atoms with van der Waals surface area (Å²) in [4.78, 5) is 16.5. The van der Waals surface area contributed by atoms with Crippen LogP contribution >= 0.6 is 0 Å². The van der Waals surface area contributed by atoms with Crippen molar-refractivity contribution in [1.82, 2.24) is 9.47 Å². The summed E-state index contributed by atoms with van der Waals surface area (Å²) in [7, 11) is 3.45. The lowest BCUT2D eigenvalue weighted by molar-refractivity contribution is 0.277. The van der Waals surface area contributed by atoms with Crippen LogP contribution in [0, 0.1) is 0 Å². The highest BCUT2D eigenvalue weighted by Crippen LogP contribution is 2.28. The maximum Gasteiger partial charge on any atom is 0.419 e. The number of oxazole rings is 1. The second-order valence-corrected chi connectivity index (χ2v) is 7.58. The molecule has 1 aliphatic heterocycles. The Hall–Kier alpha value is -2.99. The summed E-state index contributed by atoms with van der Waals surface area (Å²) in [5.41, 5.74) is 4.95. The molecule has 1 fully saturated rings. The van der Waals surface area contributed by atoms with Gasteiger partial charge in [0.25, 0.3) is 0 Å². The van der Waals surface area contributed by atoms with Crippen LogP contribution in [0.4, 0.5) is 5.69 Å². The van der Waals surface area contributed by atoms with E-state index in [1.165, 1.54) is 15.8 Å². The van der Waals surface area contributed by atoms with E-state index in [-0.39, 0.29) is 5.76 Å². The largest absolute Gasteiger partial charge is 0.495 e.